The van der Waals surface area contributed by atoms with Crippen molar-refractivity contribution in [1.82, 2.24) is 5.32 Å². The van der Waals surface area contributed by atoms with Crippen molar-refractivity contribution in [3.05, 3.63) is 16.0 Å². The van der Waals surface area contributed by atoms with Crippen molar-refractivity contribution < 1.29 is 14.3 Å². The van der Waals surface area contributed by atoms with Crippen LogP contribution in [0.4, 0.5) is 5.00 Å². The smallest absolute Gasteiger partial charge is 0.341 e. The number of methoxy groups -OCH3 is 1. The number of thiophene rings is 1. The molecule has 6 heteroatoms. The summed E-state index contributed by atoms with van der Waals surface area (Å²) >= 11 is 1.39. The lowest BCUT2D eigenvalue weighted by Gasteiger charge is -2.24. The standard InChI is InChI=1S/C14H22N2O3S/c1-7-15-14(4,5)13(18)16-11-10(12(17)19-6)8(2)9(3)20-11/h15H,7H2,1-6H3,(H,16,18). The van der Waals surface area contributed by atoms with Crippen molar-refractivity contribution in [2.24, 2.45) is 0 Å². The number of rotatable bonds is 5. The highest BCUT2D eigenvalue weighted by atomic mass is 32.1. The lowest BCUT2D eigenvalue weighted by atomic mass is 10.0. The molecule has 0 saturated heterocycles. The molecule has 5 nitrogen and oxygen atoms in total. The number of carbonyl (C=O) groups excluding carboxylic acids is 2. The topological polar surface area (TPSA) is 67.4 Å². The van der Waals surface area contributed by atoms with E-state index in [4.69, 9.17) is 4.74 Å². The minimum atomic E-state index is -0.700. The number of hydrogen-bond donors (Lipinski definition) is 2. The Hall–Kier alpha value is -1.40. The summed E-state index contributed by atoms with van der Waals surface area (Å²) in [6, 6.07) is 0. The Bertz CT molecular complexity index is 521. The van der Waals surface area contributed by atoms with Gasteiger partial charge in [-0.05, 0) is 39.8 Å². The van der Waals surface area contributed by atoms with Gasteiger partial charge in [-0.25, -0.2) is 4.79 Å². The van der Waals surface area contributed by atoms with Crippen LogP contribution in [0.2, 0.25) is 0 Å². The number of likely N-dealkylation sites (N-methyl/N-ethyl adjacent to an activating group) is 1. The second-order valence-corrected chi connectivity index (χ2v) is 6.31. The Morgan fingerprint density at radius 2 is 1.90 bits per heavy atom. The van der Waals surface area contributed by atoms with E-state index in [1.807, 2.05) is 20.8 Å². The Morgan fingerprint density at radius 1 is 1.30 bits per heavy atom. The van der Waals surface area contributed by atoms with Crippen LogP contribution in [0.25, 0.3) is 0 Å². The van der Waals surface area contributed by atoms with Gasteiger partial charge in [0.2, 0.25) is 5.91 Å². The van der Waals surface area contributed by atoms with Gasteiger partial charge in [-0.1, -0.05) is 6.92 Å². The zero-order valence-electron chi connectivity index (χ0n) is 12.8. The quantitative estimate of drug-likeness (QED) is 0.820. The molecule has 2 N–H and O–H groups in total. The van der Waals surface area contributed by atoms with E-state index in [0.29, 0.717) is 17.1 Å². The molecule has 0 aromatic carbocycles. The zero-order valence-corrected chi connectivity index (χ0v) is 13.7. The first-order chi connectivity index (χ1) is 9.24. The minimum Gasteiger partial charge on any atom is -0.465 e. The van der Waals surface area contributed by atoms with Gasteiger partial charge in [0.25, 0.3) is 0 Å². The molecule has 0 spiro atoms. The van der Waals surface area contributed by atoms with Crippen LogP contribution in [0.15, 0.2) is 0 Å². The average molecular weight is 298 g/mol. The summed E-state index contributed by atoms with van der Waals surface area (Å²) in [4.78, 5) is 25.1. The zero-order chi connectivity index (χ0) is 15.5. The molecule has 0 aliphatic heterocycles. The number of ether oxygens (including phenoxy) is 1. The van der Waals surface area contributed by atoms with Crippen LogP contribution in [0.1, 0.15) is 41.6 Å². The first-order valence-corrected chi connectivity index (χ1v) is 7.31. The van der Waals surface area contributed by atoms with Gasteiger partial charge < -0.3 is 15.4 Å². The number of amides is 1. The number of esters is 1. The number of carbonyl (C=O) groups is 2. The maximum atomic E-state index is 12.3. The molecule has 0 bridgehead atoms. The molecule has 112 valence electrons. The van der Waals surface area contributed by atoms with Crippen molar-refractivity contribution in [2.45, 2.75) is 40.2 Å². The molecular formula is C14H22N2O3S. The normalized spacial score (nSPS) is 11.3. The van der Waals surface area contributed by atoms with Gasteiger partial charge in [-0.2, -0.15) is 0 Å². The molecule has 0 unspecified atom stereocenters. The van der Waals surface area contributed by atoms with Crippen molar-refractivity contribution >= 4 is 28.2 Å². The molecule has 0 fully saturated rings. The minimum absolute atomic E-state index is 0.175. The summed E-state index contributed by atoms with van der Waals surface area (Å²) in [5.41, 5.74) is 0.586. The molecule has 1 aromatic rings. The lowest BCUT2D eigenvalue weighted by molar-refractivity contribution is -0.121. The molecule has 1 amide bonds. The molecule has 0 atom stereocenters. The Balaban J connectivity index is 3.07. The van der Waals surface area contributed by atoms with Crippen molar-refractivity contribution in [2.75, 3.05) is 19.0 Å². The Kier molecular flexibility index (Phi) is 5.30. The van der Waals surface area contributed by atoms with Gasteiger partial charge in [-0.15, -0.1) is 11.3 Å². The number of aryl methyl sites for hydroxylation is 1. The van der Waals surface area contributed by atoms with Crippen molar-refractivity contribution in [3.8, 4) is 0 Å². The number of hydrogen-bond acceptors (Lipinski definition) is 5. The fraction of sp³-hybridized carbons (Fsp3) is 0.571. The van der Waals surface area contributed by atoms with E-state index in [-0.39, 0.29) is 5.91 Å². The van der Waals surface area contributed by atoms with Crippen LogP contribution in [-0.4, -0.2) is 31.1 Å². The largest absolute Gasteiger partial charge is 0.465 e. The third-order valence-corrected chi connectivity index (χ3v) is 4.31. The van der Waals surface area contributed by atoms with Crippen LogP contribution in [0.5, 0.6) is 0 Å². The molecule has 0 aliphatic rings. The summed E-state index contributed by atoms with van der Waals surface area (Å²) in [5.74, 6) is -0.603. The fourth-order valence-corrected chi connectivity index (χ4v) is 2.89. The second-order valence-electron chi connectivity index (χ2n) is 5.09. The summed E-state index contributed by atoms with van der Waals surface area (Å²) in [6.45, 7) is 10.00. The van der Waals surface area contributed by atoms with Gasteiger partial charge in [0.15, 0.2) is 0 Å². The first-order valence-electron chi connectivity index (χ1n) is 6.49. The van der Waals surface area contributed by atoms with Gasteiger partial charge in [-0.3, -0.25) is 4.79 Å². The van der Waals surface area contributed by atoms with E-state index in [2.05, 4.69) is 10.6 Å². The van der Waals surface area contributed by atoms with Crippen LogP contribution >= 0.6 is 11.3 Å². The summed E-state index contributed by atoms with van der Waals surface area (Å²) in [7, 11) is 1.34. The van der Waals surface area contributed by atoms with Gasteiger partial charge in [0.05, 0.1) is 18.2 Å². The monoisotopic (exact) mass is 298 g/mol. The van der Waals surface area contributed by atoms with E-state index in [0.717, 1.165) is 10.4 Å². The maximum Gasteiger partial charge on any atom is 0.341 e. The fourth-order valence-electron chi connectivity index (χ4n) is 1.84. The molecule has 0 saturated carbocycles. The van der Waals surface area contributed by atoms with E-state index in [1.54, 1.807) is 13.8 Å². The van der Waals surface area contributed by atoms with Crippen LogP contribution in [-0.2, 0) is 9.53 Å². The third kappa shape index (κ3) is 3.37. The highest BCUT2D eigenvalue weighted by molar-refractivity contribution is 7.16. The van der Waals surface area contributed by atoms with Gasteiger partial charge in [0, 0.05) is 4.88 Å². The highest BCUT2D eigenvalue weighted by Gasteiger charge is 2.29. The third-order valence-electron chi connectivity index (χ3n) is 3.19. The number of nitrogens with one attached hydrogen (secondary N) is 2. The van der Waals surface area contributed by atoms with Gasteiger partial charge in [0.1, 0.15) is 5.00 Å². The summed E-state index contributed by atoms with van der Waals surface area (Å²) in [5, 5.41) is 6.48. The van der Waals surface area contributed by atoms with Crippen molar-refractivity contribution in [3.63, 3.8) is 0 Å². The SMILES string of the molecule is CCNC(C)(C)C(=O)Nc1sc(C)c(C)c1C(=O)OC. The molecule has 0 aliphatic carbocycles. The van der Waals surface area contributed by atoms with Crippen LogP contribution < -0.4 is 10.6 Å². The maximum absolute atomic E-state index is 12.3. The Morgan fingerprint density at radius 3 is 2.40 bits per heavy atom. The first kappa shape index (κ1) is 16.7. The number of anilines is 1. The second kappa shape index (κ2) is 6.37. The van der Waals surface area contributed by atoms with Crippen molar-refractivity contribution in [1.29, 1.82) is 0 Å². The van der Waals surface area contributed by atoms with E-state index in [9.17, 15) is 9.59 Å². The lowest BCUT2D eigenvalue weighted by Crippen LogP contribution is -2.49. The molecule has 1 rings (SSSR count). The molecule has 20 heavy (non-hydrogen) atoms. The van der Waals surface area contributed by atoms with Crippen LogP contribution in [0, 0.1) is 13.8 Å². The predicted molar refractivity (Wildman–Crippen MR) is 81.5 cm³/mol. The predicted octanol–water partition coefficient (Wildman–Crippen LogP) is 2.48. The Labute approximate surface area is 123 Å². The molecule has 1 heterocycles. The molecule has 1 aromatic heterocycles. The van der Waals surface area contributed by atoms with Gasteiger partial charge >= 0.3 is 5.97 Å². The van der Waals surface area contributed by atoms with E-state index >= 15 is 0 Å². The molecule has 0 radical (unpaired) electrons. The van der Waals surface area contributed by atoms with Crippen LogP contribution in [0.3, 0.4) is 0 Å². The average Bonchev–Trinajstić information content (AvgIpc) is 2.64. The van der Waals surface area contributed by atoms with E-state index < -0.39 is 11.5 Å². The van der Waals surface area contributed by atoms with E-state index in [1.165, 1.54) is 18.4 Å². The summed E-state index contributed by atoms with van der Waals surface area (Å²) < 4.78 is 4.79. The highest BCUT2D eigenvalue weighted by Crippen LogP contribution is 2.33. The molecular weight excluding hydrogens is 276 g/mol. The summed E-state index contributed by atoms with van der Waals surface area (Å²) in [6.07, 6.45) is 0.